The van der Waals surface area contributed by atoms with Crippen LogP contribution in [0, 0.1) is 0 Å². The maximum absolute atomic E-state index is 12.9. The number of benzene rings is 1. The number of rotatable bonds is 3. The topological polar surface area (TPSA) is 88.4 Å². The minimum absolute atomic E-state index is 0.0488. The molecule has 4 rings (SSSR count). The van der Waals surface area contributed by atoms with Gasteiger partial charge in [-0.2, -0.15) is 5.10 Å². The summed E-state index contributed by atoms with van der Waals surface area (Å²) >= 11 is 0. The molecule has 1 unspecified atom stereocenters. The number of hydrogen-bond acceptors (Lipinski definition) is 5. The number of fused-ring (bicyclic) bond motifs is 3. The number of amides is 1. The van der Waals surface area contributed by atoms with Crippen LogP contribution >= 0.6 is 0 Å². The molecule has 2 saturated heterocycles. The van der Waals surface area contributed by atoms with Crippen molar-refractivity contribution >= 4 is 16.8 Å². The molecule has 1 aromatic heterocycles. The number of nitrogens with zero attached hydrogens (tertiary/aromatic N) is 2. The number of phenolic OH excluding ortho intramolecular Hbond substituents is 1. The highest BCUT2D eigenvalue weighted by Gasteiger charge is 2.33. The average molecular weight is 344 g/mol. The van der Waals surface area contributed by atoms with Gasteiger partial charge in [0.2, 0.25) is 0 Å². The monoisotopic (exact) mass is 344 g/mol. The predicted octanol–water partition coefficient (Wildman–Crippen LogP) is 1.57. The standard InChI is InChI=1S/C18H24N4O3/c1-10(2)22-17-14(4-3-5-15(17)23)16(21-22)18(24)20-11-6-12-8-25-9-13(7-11)19-12/h3-5,10-13,19,23H,6-9H2,1-2H3,(H,20,24)/t11?,12-,13+. The molecule has 3 atom stereocenters. The van der Waals surface area contributed by atoms with Gasteiger partial charge in [0.25, 0.3) is 5.91 Å². The molecule has 0 aliphatic carbocycles. The number of carbonyl (C=O) groups excluding carboxylic acids is 1. The number of ether oxygens (including phenoxy) is 1. The van der Waals surface area contributed by atoms with E-state index in [1.807, 2.05) is 19.9 Å². The Labute approximate surface area is 146 Å². The summed E-state index contributed by atoms with van der Waals surface area (Å²) in [5.41, 5.74) is 0.984. The fourth-order valence-corrected chi connectivity index (χ4v) is 3.93. The number of phenols is 1. The fraction of sp³-hybridized carbons (Fsp3) is 0.556. The van der Waals surface area contributed by atoms with Gasteiger partial charge < -0.3 is 20.5 Å². The Morgan fingerprint density at radius 2 is 2.08 bits per heavy atom. The van der Waals surface area contributed by atoms with Crippen LogP contribution in [-0.2, 0) is 4.74 Å². The summed E-state index contributed by atoms with van der Waals surface area (Å²) in [4.78, 5) is 12.9. The second kappa shape index (κ2) is 6.31. The number of aromatic nitrogens is 2. The van der Waals surface area contributed by atoms with Gasteiger partial charge in [0.1, 0.15) is 11.3 Å². The van der Waals surface area contributed by atoms with Crippen molar-refractivity contribution in [2.24, 2.45) is 0 Å². The molecule has 7 heteroatoms. The zero-order valence-corrected chi connectivity index (χ0v) is 14.5. The van der Waals surface area contributed by atoms with Crippen molar-refractivity contribution in [2.75, 3.05) is 13.2 Å². The van der Waals surface area contributed by atoms with Crippen LogP contribution in [0.4, 0.5) is 0 Å². The van der Waals surface area contributed by atoms with E-state index in [9.17, 15) is 9.90 Å². The molecular weight excluding hydrogens is 320 g/mol. The number of aromatic hydroxyl groups is 1. The van der Waals surface area contributed by atoms with E-state index in [1.54, 1.807) is 16.8 Å². The third kappa shape index (κ3) is 2.98. The Morgan fingerprint density at radius 1 is 1.36 bits per heavy atom. The van der Waals surface area contributed by atoms with Gasteiger partial charge >= 0.3 is 0 Å². The lowest BCUT2D eigenvalue weighted by molar-refractivity contribution is 0.0148. The smallest absolute Gasteiger partial charge is 0.272 e. The normalized spacial score (nSPS) is 26.1. The summed E-state index contributed by atoms with van der Waals surface area (Å²) in [6.45, 7) is 5.35. The summed E-state index contributed by atoms with van der Waals surface area (Å²) < 4.78 is 7.27. The molecule has 3 heterocycles. The van der Waals surface area contributed by atoms with Crippen LogP contribution in [0.15, 0.2) is 18.2 Å². The van der Waals surface area contributed by atoms with Crippen LogP contribution in [0.2, 0.25) is 0 Å². The number of piperidine rings is 1. The number of carbonyl (C=O) groups is 1. The summed E-state index contributed by atoms with van der Waals surface area (Å²) in [5.74, 6) is -0.0350. The molecule has 1 amide bonds. The first kappa shape index (κ1) is 16.4. The molecule has 0 radical (unpaired) electrons. The zero-order chi connectivity index (χ0) is 17.6. The molecule has 2 aliphatic heterocycles. The summed E-state index contributed by atoms with van der Waals surface area (Å²) in [6.07, 6.45) is 1.71. The maximum atomic E-state index is 12.9. The van der Waals surface area contributed by atoms with E-state index in [-0.39, 0.29) is 23.7 Å². The molecule has 3 N–H and O–H groups in total. The molecule has 134 valence electrons. The Morgan fingerprint density at radius 3 is 2.76 bits per heavy atom. The quantitative estimate of drug-likeness (QED) is 0.787. The molecule has 2 aromatic rings. The molecule has 0 spiro atoms. The summed E-state index contributed by atoms with van der Waals surface area (Å²) in [5, 5.41) is 22.0. The van der Waals surface area contributed by atoms with Gasteiger partial charge in [-0.3, -0.25) is 9.48 Å². The minimum Gasteiger partial charge on any atom is -0.506 e. The van der Waals surface area contributed by atoms with E-state index in [0.29, 0.717) is 41.9 Å². The van der Waals surface area contributed by atoms with E-state index < -0.39 is 0 Å². The van der Waals surface area contributed by atoms with Crippen molar-refractivity contribution < 1.29 is 14.6 Å². The van der Waals surface area contributed by atoms with Crippen LogP contribution in [0.1, 0.15) is 43.2 Å². The largest absolute Gasteiger partial charge is 0.506 e. The van der Waals surface area contributed by atoms with Crippen LogP contribution in [-0.4, -0.2) is 52.1 Å². The molecule has 1 aromatic carbocycles. The predicted molar refractivity (Wildman–Crippen MR) is 93.8 cm³/mol. The number of para-hydroxylation sites is 1. The molecular formula is C18H24N4O3. The number of nitrogens with one attached hydrogen (secondary N) is 2. The first-order valence-electron chi connectivity index (χ1n) is 8.87. The molecule has 7 nitrogen and oxygen atoms in total. The lowest BCUT2D eigenvalue weighted by Crippen LogP contribution is -2.58. The highest BCUT2D eigenvalue weighted by molar-refractivity contribution is 6.06. The molecule has 25 heavy (non-hydrogen) atoms. The van der Waals surface area contributed by atoms with E-state index in [2.05, 4.69) is 15.7 Å². The summed E-state index contributed by atoms with van der Waals surface area (Å²) in [7, 11) is 0. The van der Waals surface area contributed by atoms with E-state index in [0.717, 1.165) is 12.8 Å². The third-order valence-electron chi connectivity index (χ3n) is 4.99. The van der Waals surface area contributed by atoms with Crippen LogP contribution in [0.5, 0.6) is 5.75 Å². The van der Waals surface area contributed by atoms with E-state index in [4.69, 9.17) is 4.74 Å². The van der Waals surface area contributed by atoms with E-state index >= 15 is 0 Å². The van der Waals surface area contributed by atoms with Gasteiger partial charge in [-0.15, -0.1) is 0 Å². The van der Waals surface area contributed by atoms with Gasteiger partial charge in [-0.1, -0.05) is 12.1 Å². The average Bonchev–Trinajstić information content (AvgIpc) is 2.96. The molecule has 2 bridgehead atoms. The van der Waals surface area contributed by atoms with Gasteiger partial charge in [0.05, 0.1) is 13.2 Å². The Bertz CT molecular complexity index is 789. The van der Waals surface area contributed by atoms with Crippen molar-refractivity contribution in [3.05, 3.63) is 23.9 Å². The highest BCUT2D eigenvalue weighted by atomic mass is 16.5. The second-order valence-corrected chi connectivity index (χ2v) is 7.30. The van der Waals surface area contributed by atoms with Crippen molar-refractivity contribution in [2.45, 2.75) is 50.9 Å². The van der Waals surface area contributed by atoms with Crippen molar-refractivity contribution in [3.63, 3.8) is 0 Å². The Balaban J connectivity index is 1.61. The summed E-state index contributed by atoms with van der Waals surface area (Å²) in [6, 6.07) is 5.96. The lowest BCUT2D eigenvalue weighted by atomic mass is 9.92. The van der Waals surface area contributed by atoms with Crippen LogP contribution in [0.3, 0.4) is 0 Å². The lowest BCUT2D eigenvalue weighted by Gasteiger charge is -2.40. The Hall–Kier alpha value is -2.12. The highest BCUT2D eigenvalue weighted by Crippen LogP contribution is 2.29. The number of morpholine rings is 1. The zero-order valence-electron chi connectivity index (χ0n) is 14.5. The molecule has 0 saturated carbocycles. The Kier molecular flexibility index (Phi) is 4.13. The van der Waals surface area contributed by atoms with Crippen molar-refractivity contribution in [1.29, 1.82) is 0 Å². The molecule has 2 fully saturated rings. The van der Waals surface area contributed by atoms with Crippen molar-refractivity contribution in [3.8, 4) is 5.75 Å². The maximum Gasteiger partial charge on any atom is 0.272 e. The second-order valence-electron chi connectivity index (χ2n) is 7.30. The van der Waals surface area contributed by atoms with Gasteiger partial charge in [-0.05, 0) is 32.8 Å². The third-order valence-corrected chi connectivity index (χ3v) is 4.99. The fourth-order valence-electron chi connectivity index (χ4n) is 3.93. The van der Waals surface area contributed by atoms with Gasteiger partial charge in [-0.25, -0.2) is 0 Å². The molecule has 2 aliphatic rings. The van der Waals surface area contributed by atoms with Gasteiger partial charge in [0, 0.05) is 29.6 Å². The van der Waals surface area contributed by atoms with Crippen LogP contribution in [0.25, 0.3) is 10.9 Å². The van der Waals surface area contributed by atoms with E-state index in [1.165, 1.54) is 0 Å². The first-order valence-corrected chi connectivity index (χ1v) is 8.87. The first-order chi connectivity index (χ1) is 12.0. The van der Waals surface area contributed by atoms with Gasteiger partial charge in [0.15, 0.2) is 5.69 Å². The van der Waals surface area contributed by atoms with Crippen molar-refractivity contribution in [1.82, 2.24) is 20.4 Å². The SMILES string of the molecule is CC(C)n1nc(C(=O)NC2C[C@H]3COC[C@@H](C2)N3)c2cccc(O)c21. The number of hydrogen-bond donors (Lipinski definition) is 3. The minimum atomic E-state index is -0.180. The van der Waals surface area contributed by atoms with Crippen LogP contribution < -0.4 is 10.6 Å².